The Morgan fingerprint density at radius 1 is 0.962 bits per heavy atom. The molecule has 0 spiro atoms. The second kappa shape index (κ2) is 8.20. The predicted molar refractivity (Wildman–Crippen MR) is 101 cm³/mol. The van der Waals surface area contributed by atoms with E-state index in [0.717, 1.165) is 6.26 Å². The minimum atomic E-state index is -3.67. The summed E-state index contributed by atoms with van der Waals surface area (Å²) in [6.07, 6.45) is 0.963. The standard InChI is InChI=1S/C18H23NO5S2/c1-15(2)13-19(26(22,23)18-10-5-4-6-11-18)14-16-8-7-9-17(12-16)24-25(3,20)21/h4-12,15H,13-14H2,1-3H3. The van der Waals surface area contributed by atoms with E-state index in [9.17, 15) is 16.8 Å². The van der Waals surface area contributed by atoms with Crippen molar-refractivity contribution in [2.24, 2.45) is 5.92 Å². The lowest BCUT2D eigenvalue weighted by atomic mass is 10.2. The maximum atomic E-state index is 13.0. The minimum Gasteiger partial charge on any atom is -0.383 e. The first-order valence-corrected chi connectivity index (χ1v) is 11.4. The van der Waals surface area contributed by atoms with Crippen molar-refractivity contribution in [3.05, 3.63) is 60.2 Å². The van der Waals surface area contributed by atoms with Gasteiger partial charge < -0.3 is 4.18 Å². The fourth-order valence-electron chi connectivity index (χ4n) is 2.47. The molecular weight excluding hydrogens is 374 g/mol. The van der Waals surface area contributed by atoms with Crippen LogP contribution in [0.4, 0.5) is 0 Å². The van der Waals surface area contributed by atoms with Crippen LogP contribution in [0.25, 0.3) is 0 Å². The Hall–Kier alpha value is -1.90. The van der Waals surface area contributed by atoms with E-state index in [0.29, 0.717) is 12.1 Å². The summed E-state index contributed by atoms with van der Waals surface area (Å²) in [5.41, 5.74) is 0.645. The van der Waals surface area contributed by atoms with E-state index in [4.69, 9.17) is 4.18 Å². The third-order valence-electron chi connectivity index (χ3n) is 3.45. The summed E-state index contributed by atoms with van der Waals surface area (Å²) in [5.74, 6) is 0.288. The molecule has 2 rings (SSSR count). The molecule has 2 aromatic carbocycles. The lowest BCUT2D eigenvalue weighted by molar-refractivity contribution is 0.361. The quantitative estimate of drug-likeness (QED) is 0.640. The van der Waals surface area contributed by atoms with Gasteiger partial charge in [0, 0.05) is 13.1 Å². The molecule has 0 bridgehead atoms. The molecule has 0 N–H and O–H groups in total. The van der Waals surface area contributed by atoms with Crippen LogP contribution in [0.5, 0.6) is 5.75 Å². The van der Waals surface area contributed by atoms with Crippen molar-refractivity contribution in [3.63, 3.8) is 0 Å². The molecule has 0 fully saturated rings. The molecule has 142 valence electrons. The minimum absolute atomic E-state index is 0.121. The third kappa shape index (κ3) is 5.82. The van der Waals surface area contributed by atoms with Crippen molar-refractivity contribution in [1.29, 1.82) is 0 Å². The highest BCUT2D eigenvalue weighted by Crippen LogP contribution is 2.22. The van der Waals surface area contributed by atoms with Crippen LogP contribution in [0.2, 0.25) is 0 Å². The van der Waals surface area contributed by atoms with E-state index in [1.165, 1.54) is 16.4 Å². The van der Waals surface area contributed by atoms with Gasteiger partial charge >= 0.3 is 10.1 Å². The van der Waals surface area contributed by atoms with Crippen molar-refractivity contribution >= 4 is 20.1 Å². The van der Waals surface area contributed by atoms with E-state index >= 15 is 0 Å². The molecule has 0 aromatic heterocycles. The molecule has 2 aromatic rings. The highest BCUT2D eigenvalue weighted by Gasteiger charge is 2.25. The fraction of sp³-hybridized carbons (Fsp3) is 0.333. The summed E-state index contributed by atoms with van der Waals surface area (Å²) < 4.78 is 54.8. The maximum absolute atomic E-state index is 13.0. The van der Waals surface area contributed by atoms with Gasteiger partial charge in [-0.1, -0.05) is 44.2 Å². The number of sulfonamides is 1. The van der Waals surface area contributed by atoms with Crippen LogP contribution in [0.1, 0.15) is 19.4 Å². The monoisotopic (exact) mass is 397 g/mol. The molecule has 8 heteroatoms. The van der Waals surface area contributed by atoms with E-state index < -0.39 is 20.1 Å². The van der Waals surface area contributed by atoms with Crippen LogP contribution in [-0.2, 0) is 26.7 Å². The van der Waals surface area contributed by atoms with Gasteiger partial charge in [0.2, 0.25) is 10.0 Å². The molecule has 0 atom stereocenters. The highest BCUT2D eigenvalue weighted by molar-refractivity contribution is 7.89. The molecule has 0 heterocycles. The first kappa shape index (κ1) is 20.4. The first-order chi connectivity index (χ1) is 12.1. The van der Waals surface area contributed by atoms with Gasteiger partial charge in [-0.3, -0.25) is 0 Å². The van der Waals surface area contributed by atoms with Crippen molar-refractivity contribution in [1.82, 2.24) is 4.31 Å². The van der Waals surface area contributed by atoms with Crippen LogP contribution in [0.15, 0.2) is 59.5 Å². The largest absolute Gasteiger partial charge is 0.383 e. The topological polar surface area (TPSA) is 80.8 Å². The third-order valence-corrected chi connectivity index (χ3v) is 5.78. The van der Waals surface area contributed by atoms with Gasteiger partial charge in [0.1, 0.15) is 5.75 Å². The van der Waals surface area contributed by atoms with Gasteiger partial charge in [0.15, 0.2) is 0 Å². The molecule has 0 amide bonds. The number of hydrogen-bond donors (Lipinski definition) is 0. The van der Waals surface area contributed by atoms with E-state index in [1.54, 1.807) is 42.5 Å². The van der Waals surface area contributed by atoms with Gasteiger partial charge in [0.05, 0.1) is 11.2 Å². The Kier molecular flexibility index (Phi) is 6.44. The molecule has 6 nitrogen and oxygen atoms in total. The molecule has 0 aliphatic carbocycles. The summed E-state index contributed by atoms with van der Waals surface area (Å²) in [6.45, 7) is 4.35. The van der Waals surface area contributed by atoms with Gasteiger partial charge in [-0.15, -0.1) is 0 Å². The predicted octanol–water partition coefficient (Wildman–Crippen LogP) is 2.87. The Morgan fingerprint density at radius 3 is 2.19 bits per heavy atom. The Labute approximate surface area is 155 Å². The van der Waals surface area contributed by atoms with Gasteiger partial charge in [0.25, 0.3) is 0 Å². The molecule has 26 heavy (non-hydrogen) atoms. The zero-order valence-electron chi connectivity index (χ0n) is 15.0. The first-order valence-electron chi connectivity index (χ1n) is 8.11. The summed E-state index contributed by atoms with van der Waals surface area (Å²) in [5, 5.41) is 0. The maximum Gasteiger partial charge on any atom is 0.306 e. The second-order valence-corrected chi connectivity index (χ2v) is 9.95. The van der Waals surface area contributed by atoms with Gasteiger partial charge in [-0.05, 0) is 35.7 Å². The van der Waals surface area contributed by atoms with Crippen molar-refractivity contribution < 1.29 is 21.0 Å². The summed E-state index contributed by atoms with van der Waals surface area (Å²) in [6, 6.07) is 14.7. The van der Waals surface area contributed by atoms with Crippen molar-refractivity contribution in [3.8, 4) is 5.75 Å². The fourth-order valence-corrected chi connectivity index (χ4v) is 4.54. The summed E-state index contributed by atoms with van der Waals surface area (Å²) >= 11 is 0. The van der Waals surface area contributed by atoms with Crippen molar-refractivity contribution in [2.75, 3.05) is 12.8 Å². The van der Waals surface area contributed by atoms with Crippen LogP contribution >= 0.6 is 0 Å². The second-order valence-electron chi connectivity index (χ2n) is 6.44. The van der Waals surface area contributed by atoms with Crippen LogP contribution < -0.4 is 4.18 Å². The molecule has 0 aliphatic rings. The zero-order valence-corrected chi connectivity index (χ0v) is 16.6. The Bertz CT molecular complexity index is 939. The Morgan fingerprint density at radius 2 is 1.62 bits per heavy atom. The van der Waals surface area contributed by atoms with Crippen molar-refractivity contribution in [2.45, 2.75) is 25.3 Å². The average Bonchev–Trinajstić information content (AvgIpc) is 2.53. The van der Waals surface area contributed by atoms with E-state index in [2.05, 4.69) is 0 Å². The van der Waals surface area contributed by atoms with E-state index in [1.807, 2.05) is 13.8 Å². The van der Waals surface area contributed by atoms with Crippen LogP contribution in [0.3, 0.4) is 0 Å². The number of benzene rings is 2. The number of hydrogen-bond acceptors (Lipinski definition) is 5. The van der Waals surface area contributed by atoms with E-state index in [-0.39, 0.29) is 23.1 Å². The smallest absolute Gasteiger partial charge is 0.306 e. The number of nitrogens with zero attached hydrogens (tertiary/aromatic N) is 1. The SMILES string of the molecule is CC(C)CN(Cc1cccc(OS(C)(=O)=O)c1)S(=O)(=O)c1ccccc1. The number of rotatable bonds is 8. The van der Waals surface area contributed by atoms with Gasteiger partial charge in [-0.2, -0.15) is 12.7 Å². The van der Waals surface area contributed by atoms with Crippen LogP contribution in [-0.4, -0.2) is 33.9 Å². The zero-order chi connectivity index (χ0) is 19.4. The summed E-state index contributed by atoms with van der Waals surface area (Å²) in [7, 11) is -7.31. The molecular formula is C18H23NO5S2. The lowest BCUT2D eigenvalue weighted by Gasteiger charge is -2.24. The normalized spacial score (nSPS) is 12.5. The molecule has 0 saturated heterocycles. The molecule has 0 radical (unpaired) electrons. The highest BCUT2D eigenvalue weighted by atomic mass is 32.2. The lowest BCUT2D eigenvalue weighted by Crippen LogP contribution is -2.33. The van der Waals surface area contributed by atoms with Crippen LogP contribution in [0, 0.1) is 5.92 Å². The molecule has 0 saturated carbocycles. The van der Waals surface area contributed by atoms with Gasteiger partial charge in [-0.25, -0.2) is 8.42 Å². The Balaban J connectivity index is 2.33. The summed E-state index contributed by atoms with van der Waals surface area (Å²) in [4.78, 5) is 0.226. The molecule has 0 unspecified atom stereocenters. The average molecular weight is 398 g/mol. The molecule has 0 aliphatic heterocycles.